The summed E-state index contributed by atoms with van der Waals surface area (Å²) in [4.78, 5) is 23.7. The van der Waals surface area contributed by atoms with E-state index in [-0.39, 0.29) is 24.4 Å². The second kappa shape index (κ2) is 6.77. The van der Waals surface area contributed by atoms with E-state index in [2.05, 4.69) is 10.5 Å². The Morgan fingerprint density at radius 3 is 2.40 bits per heavy atom. The van der Waals surface area contributed by atoms with Gasteiger partial charge in [-0.2, -0.15) is 3.71 Å². The third kappa shape index (κ3) is 3.41. The number of nitrogens with zero attached hydrogens (tertiary/aromatic N) is 2. The summed E-state index contributed by atoms with van der Waals surface area (Å²) in [5.74, 6) is -1.48. The first-order chi connectivity index (χ1) is 14.0. The van der Waals surface area contributed by atoms with E-state index in [1.165, 1.54) is 12.1 Å². The molecular formula is C18H17N3O7S2. The van der Waals surface area contributed by atoms with Crippen LogP contribution in [0.2, 0.25) is 0 Å². The van der Waals surface area contributed by atoms with Crippen molar-refractivity contribution in [1.29, 1.82) is 0 Å². The topological polar surface area (TPSA) is 144 Å². The van der Waals surface area contributed by atoms with Crippen molar-refractivity contribution in [2.45, 2.75) is 18.8 Å². The molecule has 1 saturated heterocycles. The van der Waals surface area contributed by atoms with Gasteiger partial charge in [0.25, 0.3) is 0 Å². The van der Waals surface area contributed by atoms with E-state index >= 15 is 0 Å². The van der Waals surface area contributed by atoms with Crippen molar-refractivity contribution in [3.8, 4) is 0 Å². The average Bonchev–Trinajstić information content (AvgIpc) is 3.03. The molecule has 12 heteroatoms. The minimum absolute atomic E-state index is 0.0362. The van der Waals surface area contributed by atoms with Crippen LogP contribution in [0.1, 0.15) is 24.5 Å². The van der Waals surface area contributed by atoms with E-state index in [0.717, 1.165) is 12.5 Å². The lowest BCUT2D eigenvalue weighted by Gasteiger charge is -2.20. The average molecular weight is 451 g/mol. The van der Waals surface area contributed by atoms with Crippen molar-refractivity contribution in [3.05, 3.63) is 36.0 Å². The molecule has 0 radical (unpaired) electrons. The third-order valence-corrected chi connectivity index (χ3v) is 8.10. The lowest BCUT2D eigenvalue weighted by Crippen LogP contribution is -2.39. The summed E-state index contributed by atoms with van der Waals surface area (Å²) >= 11 is 0. The van der Waals surface area contributed by atoms with Gasteiger partial charge in [-0.1, -0.05) is 17.3 Å². The predicted octanol–water partition coefficient (Wildman–Crippen LogP) is 1.23. The molecule has 1 N–H and O–H groups in total. The Bertz CT molecular complexity index is 1390. The molecule has 0 bridgehead atoms. The number of aromatic nitrogens is 1. The SMILES string of the molecule is CS(=O)(=O)N(c1ccc2c(ccc3onc(C4CCC(=O)NC4=O)c32)c1)S(C)(=O)=O. The van der Waals surface area contributed by atoms with Gasteiger partial charge in [0, 0.05) is 6.42 Å². The van der Waals surface area contributed by atoms with E-state index in [0.29, 0.717) is 31.1 Å². The summed E-state index contributed by atoms with van der Waals surface area (Å²) in [6.45, 7) is 0. The van der Waals surface area contributed by atoms with Crippen molar-refractivity contribution >= 4 is 59.3 Å². The first-order valence-corrected chi connectivity index (χ1v) is 12.5. The second-order valence-corrected chi connectivity index (χ2v) is 11.0. The van der Waals surface area contributed by atoms with Crippen molar-refractivity contribution < 1.29 is 30.9 Å². The summed E-state index contributed by atoms with van der Waals surface area (Å²) in [5.41, 5.74) is 0.750. The molecule has 30 heavy (non-hydrogen) atoms. The number of benzene rings is 2. The molecule has 2 heterocycles. The number of imide groups is 1. The smallest absolute Gasteiger partial charge is 0.245 e. The van der Waals surface area contributed by atoms with Crippen LogP contribution in [0.25, 0.3) is 21.7 Å². The fourth-order valence-electron chi connectivity index (χ4n) is 3.72. The van der Waals surface area contributed by atoms with Crippen LogP contribution in [0.3, 0.4) is 0 Å². The van der Waals surface area contributed by atoms with Crippen molar-refractivity contribution in [2.75, 3.05) is 16.2 Å². The lowest BCUT2D eigenvalue weighted by atomic mass is 9.91. The Morgan fingerprint density at radius 1 is 1.07 bits per heavy atom. The highest BCUT2D eigenvalue weighted by Gasteiger charge is 2.33. The Morgan fingerprint density at radius 2 is 1.77 bits per heavy atom. The molecule has 1 aliphatic heterocycles. The molecule has 158 valence electrons. The largest absolute Gasteiger partial charge is 0.356 e. The molecule has 1 aliphatic rings. The van der Waals surface area contributed by atoms with Crippen LogP contribution in [0.15, 0.2) is 34.9 Å². The van der Waals surface area contributed by atoms with Gasteiger partial charge in [-0.15, -0.1) is 0 Å². The molecule has 0 saturated carbocycles. The van der Waals surface area contributed by atoms with Gasteiger partial charge in [0.05, 0.1) is 29.5 Å². The number of nitrogens with one attached hydrogen (secondary N) is 1. The number of carbonyl (C=O) groups excluding carboxylic acids is 2. The van der Waals surface area contributed by atoms with Gasteiger partial charge in [-0.05, 0) is 35.4 Å². The highest BCUT2D eigenvalue weighted by molar-refractivity contribution is 8.09. The summed E-state index contributed by atoms with van der Waals surface area (Å²) in [5, 5.41) is 8.02. The zero-order valence-corrected chi connectivity index (χ0v) is 17.6. The first-order valence-electron chi connectivity index (χ1n) is 8.83. The van der Waals surface area contributed by atoms with E-state index in [1.807, 2.05) is 0 Å². The van der Waals surface area contributed by atoms with Gasteiger partial charge < -0.3 is 4.52 Å². The summed E-state index contributed by atoms with van der Waals surface area (Å²) in [6, 6.07) is 7.60. The highest BCUT2D eigenvalue weighted by atomic mass is 32.3. The van der Waals surface area contributed by atoms with Crippen LogP contribution >= 0.6 is 0 Å². The highest BCUT2D eigenvalue weighted by Crippen LogP contribution is 2.36. The molecule has 2 aromatic carbocycles. The zero-order valence-electron chi connectivity index (χ0n) is 15.9. The van der Waals surface area contributed by atoms with Gasteiger partial charge in [0.15, 0.2) is 5.58 Å². The first kappa shape index (κ1) is 20.3. The molecular weight excluding hydrogens is 434 g/mol. The molecule has 1 aromatic heterocycles. The second-order valence-electron chi connectivity index (χ2n) is 7.14. The quantitative estimate of drug-likeness (QED) is 0.583. The minimum Gasteiger partial charge on any atom is -0.356 e. The fourth-order valence-corrected chi connectivity index (χ4v) is 6.68. The Hall–Kier alpha value is -2.99. The van der Waals surface area contributed by atoms with Crippen molar-refractivity contribution in [2.24, 2.45) is 0 Å². The maximum atomic E-state index is 12.3. The van der Waals surface area contributed by atoms with Crippen LogP contribution in [0.5, 0.6) is 0 Å². The van der Waals surface area contributed by atoms with Gasteiger partial charge in [0.1, 0.15) is 5.69 Å². The van der Waals surface area contributed by atoms with E-state index < -0.39 is 31.9 Å². The lowest BCUT2D eigenvalue weighted by molar-refractivity contribution is -0.134. The minimum atomic E-state index is -4.08. The number of amides is 2. The Labute approximate surface area is 171 Å². The number of hydrogen-bond acceptors (Lipinski definition) is 8. The molecule has 10 nitrogen and oxygen atoms in total. The number of hydrogen-bond donors (Lipinski definition) is 1. The molecule has 3 aromatic rings. The number of carbonyl (C=O) groups is 2. The number of rotatable bonds is 4. The van der Waals surface area contributed by atoms with Gasteiger partial charge in [0.2, 0.25) is 31.9 Å². The number of fused-ring (bicyclic) bond motifs is 3. The molecule has 1 atom stereocenters. The summed E-state index contributed by atoms with van der Waals surface area (Å²) < 4.78 is 53.9. The number of sulfonamides is 2. The van der Waals surface area contributed by atoms with Crippen molar-refractivity contribution in [1.82, 2.24) is 10.5 Å². The van der Waals surface area contributed by atoms with E-state index in [4.69, 9.17) is 4.52 Å². The molecule has 0 aliphatic carbocycles. The van der Waals surface area contributed by atoms with Crippen LogP contribution < -0.4 is 9.03 Å². The maximum Gasteiger partial charge on any atom is 0.245 e. The molecule has 1 fully saturated rings. The fraction of sp³-hybridized carbons (Fsp3) is 0.278. The van der Waals surface area contributed by atoms with Gasteiger partial charge in [-0.3, -0.25) is 14.9 Å². The standard InChI is InChI=1S/C18H17N3O7S2/c1-29(24,25)21(30(2,26)27)11-4-5-12-10(9-11)3-7-14-16(12)17(20-28-14)13-6-8-15(22)19-18(13)23/h3-5,7,9,13H,6,8H2,1-2H3,(H,19,22,23). The van der Waals surface area contributed by atoms with E-state index in [9.17, 15) is 26.4 Å². The third-order valence-electron chi connectivity index (χ3n) is 4.85. The van der Waals surface area contributed by atoms with Crippen LogP contribution in [0, 0.1) is 0 Å². The Balaban J connectivity index is 1.91. The van der Waals surface area contributed by atoms with Crippen LogP contribution in [-0.2, 0) is 29.6 Å². The summed E-state index contributed by atoms with van der Waals surface area (Å²) in [7, 11) is -8.17. The zero-order chi connectivity index (χ0) is 21.8. The van der Waals surface area contributed by atoms with Crippen LogP contribution in [0.4, 0.5) is 5.69 Å². The number of piperidine rings is 1. The molecule has 0 spiro atoms. The monoisotopic (exact) mass is 451 g/mol. The predicted molar refractivity (Wildman–Crippen MR) is 109 cm³/mol. The van der Waals surface area contributed by atoms with Gasteiger partial charge in [-0.25, -0.2) is 16.8 Å². The molecule has 4 rings (SSSR count). The van der Waals surface area contributed by atoms with Gasteiger partial charge >= 0.3 is 0 Å². The maximum absolute atomic E-state index is 12.3. The van der Waals surface area contributed by atoms with E-state index in [1.54, 1.807) is 18.2 Å². The molecule has 1 unspecified atom stereocenters. The number of anilines is 1. The Kier molecular flexibility index (Phi) is 4.58. The molecule has 2 amide bonds. The summed E-state index contributed by atoms with van der Waals surface area (Å²) in [6.07, 6.45) is 2.08. The van der Waals surface area contributed by atoms with Crippen LogP contribution in [-0.4, -0.2) is 46.3 Å². The van der Waals surface area contributed by atoms with Crippen molar-refractivity contribution in [3.63, 3.8) is 0 Å². The normalized spacial score (nSPS) is 18.0.